The summed E-state index contributed by atoms with van der Waals surface area (Å²) in [6.07, 6.45) is 0. The highest BCUT2D eigenvalue weighted by atomic mass is 32.2. The summed E-state index contributed by atoms with van der Waals surface area (Å²) < 4.78 is 35.2. The van der Waals surface area contributed by atoms with Crippen LogP contribution in [0.25, 0.3) is 0 Å². The predicted molar refractivity (Wildman–Crippen MR) is 55.2 cm³/mol. The molecule has 0 amide bonds. The molecule has 0 saturated carbocycles. The highest BCUT2D eigenvalue weighted by Gasteiger charge is 2.11. The molecule has 1 aromatic rings. The van der Waals surface area contributed by atoms with Crippen molar-refractivity contribution < 1.29 is 12.8 Å². The Morgan fingerprint density at radius 2 is 2.00 bits per heavy atom. The molecule has 0 aliphatic carbocycles. The number of halogens is 1. The van der Waals surface area contributed by atoms with Gasteiger partial charge in [-0.3, -0.25) is 0 Å². The first-order valence-electron chi connectivity index (χ1n) is 4.26. The van der Waals surface area contributed by atoms with Crippen molar-refractivity contribution >= 4 is 10.0 Å². The third-order valence-electron chi connectivity index (χ3n) is 1.84. The van der Waals surface area contributed by atoms with E-state index in [0.717, 1.165) is 6.07 Å². The number of rotatable bonds is 3. The minimum atomic E-state index is -3.82. The van der Waals surface area contributed by atoms with Crippen LogP contribution in [-0.4, -0.2) is 27.4 Å². The summed E-state index contributed by atoms with van der Waals surface area (Å²) in [6.45, 7) is 0.413. The van der Waals surface area contributed by atoms with Crippen molar-refractivity contribution in [2.45, 2.75) is 11.4 Å². The molecule has 0 spiro atoms. The lowest BCUT2D eigenvalue weighted by Gasteiger charge is -2.10. The van der Waals surface area contributed by atoms with Gasteiger partial charge < -0.3 is 4.90 Å². The van der Waals surface area contributed by atoms with E-state index < -0.39 is 15.8 Å². The Morgan fingerprint density at radius 3 is 2.40 bits per heavy atom. The molecule has 6 heteroatoms. The van der Waals surface area contributed by atoms with Gasteiger partial charge in [-0.2, -0.15) is 0 Å². The average Bonchev–Trinajstić information content (AvgIpc) is 2.05. The van der Waals surface area contributed by atoms with Crippen molar-refractivity contribution in [2.75, 3.05) is 14.1 Å². The Balaban J connectivity index is 3.09. The monoisotopic (exact) mass is 232 g/mol. The third-order valence-corrected chi connectivity index (χ3v) is 2.75. The molecule has 0 atom stereocenters. The lowest BCUT2D eigenvalue weighted by atomic mass is 10.2. The van der Waals surface area contributed by atoms with Crippen molar-refractivity contribution in [3.63, 3.8) is 0 Å². The second-order valence-corrected chi connectivity index (χ2v) is 5.10. The Morgan fingerprint density at radius 1 is 1.40 bits per heavy atom. The molecule has 1 rings (SSSR count). The van der Waals surface area contributed by atoms with E-state index in [4.69, 9.17) is 5.14 Å². The Labute approximate surface area is 88.6 Å². The molecule has 0 radical (unpaired) electrons. The summed E-state index contributed by atoms with van der Waals surface area (Å²) in [7, 11) is -0.227. The maximum Gasteiger partial charge on any atom is 0.238 e. The van der Waals surface area contributed by atoms with Crippen molar-refractivity contribution in [1.82, 2.24) is 4.90 Å². The second kappa shape index (κ2) is 4.26. The van der Waals surface area contributed by atoms with Crippen LogP contribution < -0.4 is 5.14 Å². The molecule has 4 nitrogen and oxygen atoms in total. The summed E-state index contributed by atoms with van der Waals surface area (Å²) in [6, 6.07) is 3.67. The number of benzene rings is 1. The zero-order valence-corrected chi connectivity index (χ0v) is 9.38. The Kier molecular flexibility index (Phi) is 3.43. The van der Waals surface area contributed by atoms with Gasteiger partial charge in [-0.25, -0.2) is 17.9 Å². The van der Waals surface area contributed by atoms with E-state index in [9.17, 15) is 12.8 Å². The van der Waals surface area contributed by atoms with Gasteiger partial charge in [0.05, 0.1) is 4.90 Å². The van der Waals surface area contributed by atoms with Crippen molar-refractivity contribution in [3.05, 3.63) is 29.6 Å². The van der Waals surface area contributed by atoms with Crippen molar-refractivity contribution in [3.8, 4) is 0 Å². The summed E-state index contributed by atoms with van der Waals surface area (Å²) in [5.41, 5.74) is 0.437. The Bertz CT molecular complexity index is 457. The van der Waals surface area contributed by atoms with Gasteiger partial charge in [0.25, 0.3) is 0 Å². The van der Waals surface area contributed by atoms with Crippen LogP contribution in [0.3, 0.4) is 0 Å². The summed E-state index contributed by atoms with van der Waals surface area (Å²) in [4.78, 5) is 1.58. The smallest absolute Gasteiger partial charge is 0.238 e. The van der Waals surface area contributed by atoms with Crippen LogP contribution in [0.2, 0.25) is 0 Å². The van der Waals surface area contributed by atoms with Crippen LogP contribution >= 0.6 is 0 Å². The fraction of sp³-hybridized carbons (Fsp3) is 0.333. The molecule has 0 fully saturated rings. The second-order valence-electron chi connectivity index (χ2n) is 3.54. The molecule has 0 aliphatic heterocycles. The van der Waals surface area contributed by atoms with Crippen LogP contribution in [0.5, 0.6) is 0 Å². The highest BCUT2D eigenvalue weighted by Crippen LogP contribution is 2.14. The normalized spacial score (nSPS) is 12.1. The van der Waals surface area contributed by atoms with Crippen LogP contribution in [0.15, 0.2) is 23.1 Å². The molecule has 0 unspecified atom stereocenters. The van der Waals surface area contributed by atoms with Crippen molar-refractivity contribution in [2.24, 2.45) is 5.14 Å². The van der Waals surface area contributed by atoms with Gasteiger partial charge in [-0.15, -0.1) is 0 Å². The topological polar surface area (TPSA) is 63.4 Å². The fourth-order valence-electron chi connectivity index (χ4n) is 1.17. The largest absolute Gasteiger partial charge is 0.305 e. The average molecular weight is 232 g/mol. The molecule has 84 valence electrons. The van der Waals surface area contributed by atoms with E-state index in [1.165, 1.54) is 12.1 Å². The number of nitrogens with zero attached hydrogens (tertiary/aromatic N) is 1. The van der Waals surface area contributed by atoms with E-state index in [2.05, 4.69) is 0 Å². The minimum absolute atomic E-state index is 0.206. The number of hydrogen-bond acceptors (Lipinski definition) is 3. The van der Waals surface area contributed by atoms with E-state index in [1.807, 2.05) is 0 Å². The van der Waals surface area contributed by atoms with E-state index in [1.54, 1.807) is 19.0 Å². The minimum Gasteiger partial charge on any atom is -0.305 e. The lowest BCUT2D eigenvalue weighted by molar-refractivity contribution is 0.392. The van der Waals surface area contributed by atoms with Crippen LogP contribution in [0.1, 0.15) is 5.56 Å². The lowest BCUT2D eigenvalue weighted by Crippen LogP contribution is -2.15. The standard InChI is InChI=1S/C9H13FN2O2S/c1-12(2)6-7-3-4-8(5-9(7)10)15(11,13)14/h3-5H,6H2,1-2H3,(H2,11,13,14). The molecule has 0 bridgehead atoms. The number of nitrogens with two attached hydrogens (primary N) is 1. The molecule has 2 N–H and O–H groups in total. The molecule has 0 aromatic heterocycles. The molecule has 0 aliphatic rings. The van der Waals surface area contributed by atoms with Crippen LogP contribution in [0, 0.1) is 5.82 Å². The van der Waals surface area contributed by atoms with Gasteiger partial charge in [-0.1, -0.05) is 6.07 Å². The fourth-order valence-corrected chi connectivity index (χ4v) is 1.70. The first-order chi connectivity index (χ1) is 6.80. The maximum atomic E-state index is 13.4. The van der Waals surface area contributed by atoms with Crippen LogP contribution in [0.4, 0.5) is 4.39 Å². The third kappa shape index (κ3) is 3.26. The van der Waals surface area contributed by atoms with Gasteiger partial charge >= 0.3 is 0 Å². The predicted octanol–water partition coefficient (Wildman–Crippen LogP) is 0.535. The molecule has 15 heavy (non-hydrogen) atoms. The zero-order chi connectivity index (χ0) is 11.6. The van der Waals surface area contributed by atoms with E-state index in [-0.39, 0.29) is 4.90 Å². The number of sulfonamides is 1. The molecule has 0 saturated heterocycles. The molecule has 1 aromatic carbocycles. The van der Waals surface area contributed by atoms with Gasteiger partial charge in [0.2, 0.25) is 10.0 Å². The molecular weight excluding hydrogens is 219 g/mol. The summed E-state index contributed by atoms with van der Waals surface area (Å²) in [5.74, 6) is -0.560. The van der Waals surface area contributed by atoms with Gasteiger partial charge in [0.1, 0.15) is 5.82 Å². The highest BCUT2D eigenvalue weighted by molar-refractivity contribution is 7.89. The van der Waals surface area contributed by atoms with Crippen LogP contribution in [-0.2, 0) is 16.6 Å². The van der Waals surface area contributed by atoms with Gasteiger partial charge in [0, 0.05) is 12.1 Å². The summed E-state index contributed by atoms with van der Waals surface area (Å²) >= 11 is 0. The number of primary sulfonamides is 1. The van der Waals surface area contributed by atoms with Crippen molar-refractivity contribution in [1.29, 1.82) is 0 Å². The quantitative estimate of drug-likeness (QED) is 0.827. The van der Waals surface area contributed by atoms with Gasteiger partial charge in [-0.05, 0) is 26.2 Å². The Hall–Kier alpha value is -0.980. The van der Waals surface area contributed by atoms with E-state index >= 15 is 0 Å². The molecule has 0 heterocycles. The first-order valence-corrected chi connectivity index (χ1v) is 5.81. The van der Waals surface area contributed by atoms with Gasteiger partial charge in [0.15, 0.2) is 0 Å². The number of hydrogen-bond donors (Lipinski definition) is 1. The maximum absolute atomic E-state index is 13.4. The zero-order valence-electron chi connectivity index (χ0n) is 8.57. The molecular formula is C9H13FN2O2S. The summed E-state index contributed by atoms with van der Waals surface area (Å²) in [5, 5.41) is 4.87. The van der Waals surface area contributed by atoms with E-state index in [0.29, 0.717) is 12.1 Å². The SMILES string of the molecule is CN(C)Cc1ccc(S(N)(=O)=O)cc1F. The first kappa shape index (κ1) is 12.1.